The van der Waals surface area contributed by atoms with E-state index in [4.69, 9.17) is 23.2 Å². The van der Waals surface area contributed by atoms with Crippen LogP contribution in [0.4, 0.5) is 0 Å². The van der Waals surface area contributed by atoms with Gasteiger partial charge in [-0.2, -0.15) is 0 Å². The van der Waals surface area contributed by atoms with Gasteiger partial charge in [0.25, 0.3) is 0 Å². The van der Waals surface area contributed by atoms with Crippen molar-refractivity contribution in [3.63, 3.8) is 0 Å². The first-order valence-electron chi connectivity index (χ1n) is 8.97. The first-order chi connectivity index (χ1) is 12.9. The van der Waals surface area contributed by atoms with Crippen molar-refractivity contribution in [2.45, 2.75) is 39.3 Å². The van der Waals surface area contributed by atoms with Crippen LogP contribution in [0, 0.1) is 0 Å². The lowest BCUT2D eigenvalue weighted by molar-refractivity contribution is -0.140. The van der Waals surface area contributed by atoms with E-state index < -0.39 is 6.04 Å². The summed E-state index contributed by atoms with van der Waals surface area (Å²) in [5.41, 5.74) is 1.65. The lowest BCUT2D eigenvalue weighted by atomic mass is 10.1. The number of carbonyl (C=O) groups excluding carboxylic acids is 2. The fraction of sp³-hybridized carbons (Fsp3) is 0.333. The van der Waals surface area contributed by atoms with Crippen molar-refractivity contribution in [2.24, 2.45) is 0 Å². The molecule has 0 spiro atoms. The average molecular weight is 407 g/mol. The number of carbonyl (C=O) groups is 2. The fourth-order valence-electron chi connectivity index (χ4n) is 2.67. The maximum Gasteiger partial charge on any atom is 0.242 e. The summed E-state index contributed by atoms with van der Waals surface area (Å²) < 4.78 is 0. The highest BCUT2D eigenvalue weighted by Gasteiger charge is 2.26. The highest BCUT2D eigenvalue weighted by atomic mass is 35.5. The quantitative estimate of drug-likeness (QED) is 0.702. The molecule has 2 amide bonds. The SMILES string of the molecule is CCCNC(=O)[C@H](C)N(Cc1ccc(Cl)cc1)C(=O)Cc1ccccc1Cl. The van der Waals surface area contributed by atoms with Crippen molar-refractivity contribution in [3.05, 3.63) is 69.7 Å². The molecule has 1 N–H and O–H groups in total. The molecule has 0 aliphatic heterocycles. The average Bonchev–Trinajstić information content (AvgIpc) is 2.66. The Hall–Kier alpha value is -2.04. The van der Waals surface area contributed by atoms with Gasteiger partial charge in [-0.15, -0.1) is 0 Å². The Morgan fingerprint density at radius 1 is 1.07 bits per heavy atom. The van der Waals surface area contributed by atoms with Gasteiger partial charge in [-0.25, -0.2) is 0 Å². The maximum absolute atomic E-state index is 13.0. The lowest BCUT2D eigenvalue weighted by Crippen LogP contribution is -2.48. The Balaban J connectivity index is 2.21. The second-order valence-electron chi connectivity index (χ2n) is 6.38. The summed E-state index contributed by atoms with van der Waals surface area (Å²) in [6.07, 6.45) is 0.974. The van der Waals surface area contributed by atoms with Crippen molar-refractivity contribution >= 4 is 35.0 Å². The Labute approximate surface area is 170 Å². The molecular formula is C21H24Cl2N2O2. The number of nitrogens with one attached hydrogen (secondary N) is 1. The number of benzene rings is 2. The van der Waals surface area contributed by atoms with E-state index in [2.05, 4.69) is 5.32 Å². The maximum atomic E-state index is 13.0. The third kappa shape index (κ3) is 6.26. The summed E-state index contributed by atoms with van der Waals surface area (Å²) in [7, 11) is 0. The minimum absolute atomic E-state index is 0.138. The van der Waals surface area contributed by atoms with E-state index in [-0.39, 0.29) is 18.2 Å². The minimum Gasteiger partial charge on any atom is -0.354 e. The summed E-state index contributed by atoms with van der Waals surface area (Å²) in [5.74, 6) is -0.324. The standard InChI is InChI=1S/C21H24Cl2N2O2/c1-3-12-24-21(27)15(2)25(14-16-8-10-18(22)11-9-16)20(26)13-17-6-4-5-7-19(17)23/h4-11,15H,3,12-14H2,1-2H3,(H,24,27)/t15-/m0/s1. The van der Waals surface area contributed by atoms with Crippen LogP contribution >= 0.6 is 23.2 Å². The summed E-state index contributed by atoms with van der Waals surface area (Å²) in [6.45, 7) is 4.63. The molecule has 6 heteroatoms. The predicted molar refractivity (Wildman–Crippen MR) is 110 cm³/mol. The van der Waals surface area contributed by atoms with E-state index in [1.165, 1.54) is 0 Å². The zero-order chi connectivity index (χ0) is 19.8. The Kier molecular flexibility index (Phi) is 8.14. The van der Waals surface area contributed by atoms with Crippen molar-refractivity contribution in [1.82, 2.24) is 10.2 Å². The molecule has 2 rings (SSSR count). The van der Waals surface area contributed by atoms with Gasteiger partial charge >= 0.3 is 0 Å². The molecule has 2 aromatic rings. The lowest BCUT2D eigenvalue weighted by Gasteiger charge is -2.29. The first kappa shape index (κ1) is 21.3. The third-order valence-corrected chi connectivity index (χ3v) is 4.90. The van der Waals surface area contributed by atoms with Gasteiger partial charge in [0.15, 0.2) is 0 Å². The summed E-state index contributed by atoms with van der Waals surface area (Å²) in [5, 5.41) is 4.03. The Morgan fingerprint density at radius 3 is 2.37 bits per heavy atom. The van der Waals surface area contributed by atoms with Crippen molar-refractivity contribution < 1.29 is 9.59 Å². The summed E-state index contributed by atoms with van der Waals surface area (Å²) >= 11 is 12.1. The highest BCUT2D eigenvalue weighted by Crippen LogP contribution is 2.19. The van der Waals surface area contributed by atoms with Gasteiger partial charge in [-0.1, -0.05) is 60.5 Å². The molecule has 0 aliphatic carbocycles. The smallest absolute Gasteiger partial charge is 0.242 e. The second kappa shape index (κ2) is 10.3. The van der Waals surface area contributed by atoms with Crippen LogP contribution in [0.15, 0.2) is 48.5 Å². The number of amides is 2. The third-order valence-electron chi connectivity index (χ3n) is 4.28. The molecule has 0 heterocycles. The predicted octanol–water partition coefficient (Wildman–Crippen LogP) is 4.48. The van der Waals surface area contributed by atoms with Crippen LogP contribution in [0.3, 0.4) is 0 Å². The first-order valence-corrected chi connectivity index (χ1v) is 9.73. The van der Waals surface area contributed by atoms with E-state index >= 15 is 0 Å². The molecule has 0 bridgehead atoms. The van der Waals surface area contributed by atoms with Gasteiger partial charge in [0.1, 0.15) is 6.04 Å². The highest BCUT2D eigenvalue weighted by molar-refractivity contribution is 6.31. The van der Waals surface area contributed by atoms with Crippen LogP contribution in [0.2, 0.25) is 10.0 Å². The normalized spacial score (nSPS) is 11.7. The van der Waals surface area contributed by atoms with Crippen LogP contribution in [-0.4, -0.2) is 29.3 Å². The molecular weight excluding hydrogens is 383 g/mol. The van der Waals surface area contributed by atoms with Crippen LogP contribution in [0.5, 0.6) is 0 Å². The zero-order valence-electron chi connectivity index (χ0n) is 15.5. The van der Waals surface area contributed by atoms with Crippen molar-refractivity contribution in [2.75, 3.05) is 6.54 Å². The van der Waals surface area contributed by atoms with Gasteiger partial charge in [0, 0.05) is 23.1 Å². The molecule has 0 saturated carbocycles. The van der Waals surface area contributed by atoms with Crippen molar-refractivity contribution in [3.8, 4) is 0 Å². The van der Waals surface area contributed by atoms with Gasteiger partial charge in [-0.05, 0) is 42.7 Å². The number of hydrogen-bond donors (Lipinski definition) is 1. The van der Waals surface area contributed by atoms with Gasteiger partial charge in [-0.3, -0.25) is 9.59 Å². The monoisotopic (exact) mass is 406 g/mol. The minimum atomic E-state index is -0.595. The molecule has 0 radical (unpaired) electrons. The summed E-state index contributed by atoms with van der Waals surface area (Å²) in [4.78, 5) is 27.1. The fourth-order valence-corrected chi connectivity index (χ4v) is 3.00. The van der Waals surface area contributed by atoms with Crippen LogP contribution in [-0.2, 0) is 22.6 Å². The molecule has 0 saturated heterocycles. The van der Waals surface area contributed by atoms with Crippen LogP contribution in [0.25, 0.3) is 0 Å². The molecule has 0 aliphatic rings. The molecule has 4 nitrogen and oxygen atoms in total. The van der Waals surface area contributed by atoms with E-state index in [1.54, 1.807) is 30.0 Å². The number of hydrogen-bond acceptors (Lipinski definition) is 2. The molecule has 144 valence electrons. The van der Waals surface area contributed by atoms with E-state index in [0.29, 0.717) is 23.1 Å². The molecule has 0 fully saturated rings. The molecule has 1 atom stereocenters. The Morgan fingerprint density at radius 2 is 1.74 bits per heavy atom. The number of nitrogens with zero attached hydrogens (tertiary/aromatic N) is 1. The van der Waals surface area contributed by atoms with Crippen LogP contribution < -0.4 is 5.32 Å². The van der Waals surface area contributed by atoms with Gasteiger partial charge < -0.3 is 10.2 Å². The van der Waals surface area contributed by atoms with E-state index in [0.717, 1.165) is 17.5 Å². The van der Waals surface area contributed by atoms with Gasteiger partial charge in [0.2, 0.25) is 11.8 Å². The molecule has 2 aromatic carbocycles. The largest absolute Gasteiger partial charge is 0.354 e. The second-order valence-corrected chi connectivity index (χ2v) is 7.23. The van der Waals surface area contributed by atoms with E-state index in [9.17, 15) is 9.59 Å². The Bertz CT molecular complexity index is 778. The molecule has 0 unspecified atom stereocenters. The van der Waals surface area contributed by atoms with Crippen molar-refractivity contribution in [1.29, 1.82) is 0 Å². The van der Waals surface area contributed by atoms with E-state index in [1.807, 2.05) is 37.3 Å². The molecule has 0 aromatic heterocycles. The topological polar surface area (TPSA) is 49.4 Å². The zero-order valence-corrected chi connectivity index (χ0v) is 17.1. The number of halogens is 2. The molecule has 27 heavy (non-hydrogen) atoms. The summed E-state index contributed by atoms with van der Waals surface area (Å²) in [6, 6.07) is 13.9. The van der Waals surface area contributed by atoms with Gasteiger partial charge in [0.05, 0.1) is 6.42 Å². The van der Waals surface area contributed by atoms with Crippen LogP contribution in [0.1, 0.15) is 31.4 Å². The number of rotatable bonds is 8.